The van der Waals surface area contributed by atoms with Gasteiger partial charge < -0.3 is 16.0 Å². The zero-order valence-electron chi connectivity index (χ0n) is 18.1. The Morgan fingerprint density at radius 3 is 2.23 bits per heavy atom. The Hall–Kier alpha value is -2.90. The van der Waals surface area contributed by atoms with E-state index < -0.39 is 0 Å². The largest absolute Gasteiger partial charge is 0.346 e. The van der Waals surface area contributed by atoms with Gasteiger partial charge in [0.1, 0.15) is 0 Å². The topological polar surface area (TPSA) is 90.5 Å². The molecule has 2 aromatic carbocycles. The van der Waals surface area contributed by atoms with E-state index in [-0.39, 0.29) is 37.4 Å². The minimum Gasteiger partial charge on any atom is -0.346 e. The van der Waals surface area contributed by atoms with Crippen LogP contribution in [-0.2, 0) is 14.4 Å². The Morgan fingerprint density at radius 2 is 1.52 bits per heavy atom. The summed E-state index contributed by atoms with van der Waals surface area (Å²) >= 11 is 6.05. The SMILES string of the molecule is CCCN(CC(=O)NCC(=O)Nc1cccc(Cl)c1C)CC(=O)Nc1ccccc1C. The lowest BCUT2D eigenvalue weighted by Gasteiger charge is -2.21. The lowest BCUT2D eigenvalue weighted by molar-refractivity contribution is -0.125. The van der Waals surface area contributed by atoms with Gasteiger partial charge in [-0.1, -0.05) is 42.8 Å². The summed E-state index contributed by atoms with van der Waals surface area (Å²) in [5.41, 5.74) is 3.09. The van der Waals surface area contributed by atoms with Crippen LogP contribution in [0.4, 0.5) is 11.4 Å². The third kappa shape index (κ3) is 8.03. The van der Waals surface area contributed by atoms with E-state index in [4.69, 9.17) is 11.6 Å². The first-order chi connectivity index (χ1) is 14.8. The van der Waals surface area contributed by atoms with Crippen molar-refractivity contribution in [1.82, 2.24) is 10.2 Å². The van der Waals surface area contributed by atoms with Gasteiger partial charge in [0.25, 0.3) is 0 Å². The van der Waals surface area contributed by atoms with Crippen molar-refractivity contribution in [2.45, 2.75) is 27.2 Å². The van der Waals surface area contributed by atoms with Crippen molar-refractivity contribution in [3.8, 4) is 0 Å². The van der Waals surface area contributed by atoms with E-state index in [2.05, 4.69) is 16.0 Å². The molecule has 0 radical (unpaired) electrons. The number of benzene rings is 2. The number of nitrogens with one attached hydrogen (secondary N) is 3. The monoisotopic (exact) mass is 444 g/mol. The van der Waals surface area contributed by atoms with E-state index in [1.54, 1.807) is 30.0 Å². The molecule has 2 rings (SSSR count). The van der Waals surface area contributed by atoms with Crippen molar-refractivity contribution in [3.05, 3.63) is 58.6 Å². The van der Waals surface area contributed by atoms with Crippen LogP contribution < -0.4 is 16.0 Å². The number of anilines is 2. The molecule has 0 heterocycles. The maximum Gasteiger partial charge on any atom is 0.243 e. The number of hydrogen-bond donors (Lipinski definition) is 3. The number of hydrogen-bond acceptors (Lipinski definition) is 4. The van der Waals surface area contributed by atoms with Gasteiger partial charge in [-0.3, -0.25) is 19.3 Å². The van der Waals surface area contributed by atoms with E-state index in [0.29, 0.717) is 17.3 Å². The predicted molar refractivity (Wildman–Crippen MR) is 124 cm³/mol. The van der Waals surface area contributed by atoms with Gasteiger partial charge in [0.05, 0.1) is 19.6 Å². The first-order valence-corrected chi connectivity index (χ1v) is 10.6. The fourth-order valence-electron chi connectivity index (χ4n) is 3.01. The van der Waals surface area contributed by atoms with Gasteiger partial charge in [-0.25, -0.2) is 0 Å². The number of amides is 3. The summed E-state index contributed by atoms with van der Waals surface area (Å²) in [5, 5.41) is 8.76. The highest BCUT2D eigenvalue weighted by molar-refractivity contribution is 6.31. The lowest BCUT2D eigenvalue weighted by atomic mass is 10.2. The fourth-order valence-corrected chi connectivity index (χ4v) is 3.19. The molecule has 2 aromatic rings. The number of halogens is 1. The van der Waals surface area contributed by atoms with Crippen molar-refractivity contribution in [1.29, 1.82) is 0 Å². The first-order valence-electron chi connectivity index (χ1n) is 10.2. The molecule has 0 bridgehead atoms. The molecule has 0 aliphatic heterocycles. The molecule has 0 aromatic heterocycles. The normalized spacial score (nSPS) is 10.6. The summed E-state index contributed by atoms with van der Waals surface area (Å²) in [6.45, 7) is 6.24. The van der Waals surface area contributed by atoms with Gasteiger partial charge >= 0.3 is 0 Å². The van der Waals surface area contributed by atoms with Crippen LogP contribution in [-0.4, -0.2) is 48.8 Å². The van der Waals surface area contributed by atoms with Crippen LogP contribution in [0, 0.1) is 13.8 Å². The number of carbonyl (C=O) groups excluding carboxylic acids is 3. The van der Waals surface area contributed by atoms with E-state index >= 15 is 0 Å². The summed E-state index contributed by atoms with van der Waals surface area (Å²) in [6, 6.07) is 12.8. The average molecular weight is 445 g/mol. The number of aryl methyl sites for hydroxylation is 1. The molecule has 0 aliphatic carbocycles. The second kappa shape index (κ2) is 12.1. The summed E-state index contributed by atoms with van der Waals surface area (Å²) in [6.07, 6.45) is 0.791. The van der Waals surface area contributed by atoms with E-state index in [9.17, 15) is 14.4 Å². The molecule has 0 fully saturated rings. The minimum absolute atomic E-state index is 0.0263. The summed E-state index contributed by atoms with van der Waals surface area (Å²) in [7, 11) is 0. The van der Waals surface area contributed by atoms with Crippen molar-refractivity contribution >= 4 is 40.7 Å². The second-order valence-corrected chi connectivity index (χ2v) is 7.72. The van der Waals surface area contributed by atoms with E-state index in [0.717, 1.165) is 23.2 Å². The molecule has 0 aliphatic rings. The van der Waals surface area contributed by atoms with Crippen LogP contribution in [0.15, 0.2) is 42.5 Å². The molecule has 31 heavy (non-hydrogen) atoms. The number of para-hydroxylation sites is 1. The maximum absolute atomic E-state index is 12.4. The second-order valence-electron chi connectivity index (χ2n) is 7.31. The van der Waals surface area contributed by atoms with Gasteiger partial charge in [0.2, 0.25) is 17.7 Å². The molecule has 0 spiro atoms. The van der Waals surface area contributed by atoms with Crippen molar-refractivity contribution in [3.63, 3.8) is 0 Å². The highest BCUT2D eigenvalue weighted by Gasteiger charge is 2.15. The third-order valence-corrected chi connectivity index (χ3v) is 5.09. The van der Waals surface area contributed by atoms with Crippen LogP contribution in [0.1, 0.15) is 24.5 Å². The van der Waals surface area contributed by atoms with Crippen LogP contribution in [0.2, 0.25) is 5.02 Å². The van der Waals surface area contributed by atoms with Crippen LogP contribution >= 0.6 is 11.6 Å². The number of nitrogens with zero attached hydrogens (tertiary/aromatic N) is 1. The van der Waals surface area contributed by atoms with Gasteiger partial charge in [-0.2, -0.15) is 0 Å². The van der Waals surface area contributed by atoms with E-state index in [1.165, 1.54) is 0 Å². The third-order valence-electron chi connectivity index (χ3n) is 4.68. The Kier molecular flexibility index (Phi) is 9.49. The molecule has 0 atom stereocenters. The summed E-state index contributed by atoms with van der Waals surface area (Å²) in [4.78, 5) is 38.6. The predicted octanol–water partition coefficient (Wildman–Crippen LogP) is 3.36. The minimum atomic E-state index is -0.349. The molecule has 0 saturated heterocycles. The molecule has 0 unspecified atom stereocenters. The van der Waals surface area contributed by atoms with Gasteiger partial charge in [0.15, 0.2) is 0 Å². The molecule has 0 saturated carbocycles. The van der Waals surface area contributed by atoms with Crippen LogP contribution in [0.5, 0.6) is 0 Å². The van der Waals surface area contributed by atoms with Crippen LogP contribution in [0.25, 0.3) is 0 Å². The molecular formula is C23H29ClN4O3. The lowest BCUT2D eigenvalue weighted by Crippen LogP contribution is -2.43. The zero-order valence-corrected chi connectivity index (χ0v) is 18.9. The zero-order chi connectivity index (χ0) is 22.8. The molecule has 8 heteroatoms. The quantitative estimate of drug-likeness (QED) is 0.524. The fraction of sp³-hybridized carbons (Fsp3) is 0.348. The molecule has 3 amide bonds. The Balaban J connectivity index is 1.83. The van der Waals surface area contributed by atoms with Gasteiger partial charge in [-0.05, 0) is 56.1 Å². The van der Waals surface area contributed by atoms with Crippen LogP contribution in [0.3, 0.4) is 0 Å². The molecule has 3 N–H and O–H groups in total. The summed E-state index contributed by atoms with van der Waals surface area (Å²) in [5.74, 6) is -0.863. The van der Waals surface area contributed by atoms with E-state index in [1.807, 2.05) is 38.1 Å². The smallest absolute Gasteiger partial charge is 0.243 e. The number of carbonyl (C=O) groups is 3. The standard InChI is InChI=1S/C23H29ClN4O3/c1-4-12-28(15-23(31)26-19-10-6-5-8-16(19)2)14-22(30)25-13-21(29)27-20-11-7-9-18(24)17(20)3/h5-11H,4,12-15H2,1-3H3,(H,25,30)(H,26,31)(H,27,29). The Morgan fingerprint density at radius 1 is 0.871 bits per heavy atom. The average Bonchev–Trinajstić information content (AvgIpc) is 2.72. The number of rotatable bonds is 10. The summed E-state index contributed by atoms with van der Waals surface area (Å²) < 4.78 is 0. The van der Waals surface area contributed by atoms with Gasteiger partial charge in [-0.15, -0.1) is 0 Å². The molecule has 7 nitrogen and oxygen atoms in total. The maximum atomic E-state index is 12.4. The van der Waals surface area contributed by atoms with Gasteiger partial charge in [0, 0.05) is 16.4 Å². The Labute approximate surface area is 188 Å². The first kappa shape index (κ1) is 24.4. The van der Waals surface area contributed by atoms with Crippen molar-refractivity contribution in [2.75, 3.05) is 36.8 Å². The molecule has 166 valence electrons. The highest BCUT2D eigenvalue weighted by atomic mass is 35.5. The van der Waals surface area contributed by atoms with Crippen molar-refractivity contribution in [2.24, 2.45) is 0 Å². The highest BCUT2D eigenvalue weighted by Crippen LogP contribution is 2.22. The Bertz CT molecular complexity index is 933. The molecular weight excluding hydrogens is 416 g/mol. The van der Waals surface area contributed by atoms with Crippen molar-refractivity contribution < 1.29 is 14.4 Å².